The minimum Gasteiger partial charge on any atom is -0.480 e. The van der Waals surface area contributed by atoms with Crippen LogP contribution in [0, 0.1) is 0 Å². The van der Waals surface area contributed by atoms with Crippen LogP contribution in [0.15, 0.2) is 12.3 Å². The van der Waals surface area contributed by atoms with Gasteiger partial charge in [-0.3, -0.25) is 4.79 Å². The SMILES string of the molecule is CC(C)c1nccc(C(=O)NC(C)(C)C(=O)O)n1. The number of carboxylic acids is 1. The molecule has 1 aromatic heterocycles. The fourth-order valence-electron chi connectivity index (χ4n) is 1.18. The Bertz CT molecular complexity index is 469. The number of hydrogen-bond acceptors (Lipinski definition) is 4. The van der Waals surface area contributed by atoms with Crippen LogP contribution in [-0.2, 0) is 4.79 Å². The van der Waals surface area contributed by atoms with Crippen molar-refractivity contribution in [2.75, 3.05) is 0 Å². The maximum atomic E-state index is 11.9. The predicted molar refractivity (Wildman–Crippen MR) is 65.3 cm³/mol. The lowest BCUT2D eigenvalue weighted by Gasteiger charge is -2.20. The Hall–Kier alpha value is -1.98. The van der Waals surface area contributed by atoms with Gasteiger partial charge in [0.15, 0.2) is 0 Å². The second-order valence-electron chi connectivity index (χ2n) is 4.84. The fraction of sp³-hybridized carbons (Fsp3) is 0.500. The third-order valence-electron chi connectivity index (χ3n) is 2.38. The van der Waals surface area contributed by atoms with E-state index in [-0.39, 0.29) is 11.6 Å². The van der Waals surface area contributed by atoms with Gasteiger partial charge in [-0.05, 0) is 19.9 Å². The molecular weight excluding hydrogens is 234 g/mol. The fourth-order valence-corrected chi connectivity index (χ4v) is 1.18. The lowest BCUT2D eigenvalue weighted by molar-refractivity contribution is -0.143. The smallest absolute Gasteiger partial charge is 0.328 e. The summed E-state index contributed by atoms with van der Waals surface area (Å²) in [5.74, 6) is -0.971. The normalized spacial score (nSPS) is 11.4. The van der Waals surface area contributed by atoms with E-state index in [1.165, 1.54) is 26.1 Å². The predicted octanol–water partition coefficient (Wildman–Crippen LogP) is 1.19. The molecule has 0 saturated heterocycles. The molecule has 0 aromatic carbocycles. The van der Waals surface area contributed by atoms with Gasteiger partial charge in [-0.1, -0.05) is 13.8 Å². The van der Waals surface area contributed by atoms with Gasteiger partial charge in [-0.2, -0.15) is 0 Å². The molecule has 0 atom stereocenters. The third-order valence-corrected chi connectivity index (χ3v) is 2.38. The summed E-state index contributed by atoms with van der Waals surface area (Å²) < 4.78 is 0. The van der Waals surface area contributed by atoms with E-state index >= 15 is 0 Å². The van der Waals surface area contributed by atoms with E-state index < -0.39 is 17.4 Å². The van der Waals surface area contributed by atoms with Crippen LogP contribution in [0.1, 0.15) is 49.9 Å². The van der Waals surface area contributed by atoms with E-state index in [1.807, 2.05) is 13.8 Å². The zero-order valence-corrected chi connectivity index (χ0v) is 10.9. The van der Waals surface area contributed by atoms with Crippen LogP contribution >= 0.6 is 0 Å². The van der Waals surface area contributed by atoms with E-state index in [4.69, 9.17) is 5.11 Å². The Kier molecular flexibility index (Phi) is 4.00. The average Bonchev–Trinajstić information content (AvgIpc) is 2.28. The van der Waals surface area contributed by atoms with Crippen LogP contribution in [0.3, 0.4) is 0 Å². The van der Waals surface area contributed by atoms with Gasteiger partial charge in [0.05, 0.1) is 0 Å². The summed E-state index contributed by atoms with van der Waals surface area (Å²) in [6.45, 7) is 6.66. The maximum absolute atomic E-state index is 11.9. The number of carbonyl (C=O) groups excluding carboxylic acids is 1. The van der Waals surface area contributed by atoms with Crippen molar-refractivity contribution in [2.45, 2.75) is 39.2 Å². The van der Waals surface area contributed by atoms with Crippen LogP contribution in [0.25, 0.3) is 0 Å². The van der Waals surface area contributed by atoms with Gasteiger partial charge >= 0.3 is 5.97 Å². The largest absolute Gasteiger partial charge is 0.480 e. The van der Waals surface area contributed by atoms with Crippen molar-refractivity contribution >= 4 is 11.9 Å². The first-order valence-electron chi connectivity index (χ1n) is 5.63. The summed E-state index contributed by atoms with van der Waals surface area (Å²) >= 11 is 0. The van der Waals surface area contributed by atoms with Crippen molar-refractivity contribution < 1.29 is 14.7 Å². The number of hydrogen-bond donors (Lipinski definition) is 2. The molecular formula is C12H17N3O3. The number of aliphatic carboxylic acids is 1. The highest BCUT2D eigenvalue weighted by atomic mass is 16.4. The van der Waals surface area contributed by atoms with E-state index in [1.54, 1.807) is 0 Å². The lowest BCUT2D eigenvalue weighted by Crippen LogP contribution is -2.49. The van der Waals surface area contributed by atoms with Crippen LogP contribution in [0.2, 0.25) is 0 Å². The zero-order chi connectivity index (χ0) is 13.9. The molecule has 0 aliphatic rings. The maximum Gasteiger partial charge on any atom is 0.328 e. The molecule has 1 aromatic rings. The average molecular weight is 251 g/mol. The highest BCUT2D eigenvalue weighted by molar-refractivity contribution is 5.96. The molecule has 1 rings (SSSR count). The molecule has 0 saturated carbocycles. The van der Waals surface area contributed by atoms with E-state index in [9.17, 15) is 9.59 Å². The van der Waals surface area contributed by atoms with Gasteiger partial charge in [0.2, 0.25) is 0 Å². The number of nitrogens with one attached hydrogen (secondary N) is 1. The van der Waals surface area contributed by atoms with Gasteiger partial charge in [0, 0.05) is 12.1 Å². The molecule has 1 heterocycles. The molecule has 0 bridgehead atoms. The van der Waals surface area contributed by atoms with E-state index in [0.717, 1.165) is 0 Å². The van der Waals surface area contributed by atoms with Crippen molar-refractivity contribution in [1.29, 1.82) is 0 Å². The molecule has 0 unspecified atom stereocenters. The summed E-state index contributed by atoms with van der Waals surface area (Å²) in [4.78, 5) is 30.9. The molecule has 98 valence electrons. The summed E-state index contributed by atoms with van der Waals surface area (Å²) in [6.07, 6.45) is 1.49. The van der Waals surface area contributed by atoms with Crippen molar-refractivity contribution in [1.82, 2.24) is 15.3 Å². The summed E-state index contributed by atoms with van der Waals surface area (Å²) in [5.41, 5.74) is -1.16. The molecule has 6 heteroatoms. The van der Waals surface area contributed by atoms with Crippen LogP contribution in [0.5, 0.6) is 0 Å². The zero-order valence-electron chi connectivity index (χ0n) is 10.9. The third kappa shape index (κ3) is 3.26. The second kappa shape index (κ2) is 5.12. The molecule has 0 fully saturated rings. The first-order valence-corrected chi connectivity index (χ1v) is 5.63. The van der Waals surface area contributed by atoms with Crippen LogP contribution < -0.4 is 5.32 Å². The monoisotopic (exact) mass is 251 g/mol. The van der Waals surface area contributed by atoms with Crippen LogP contribution in [0.4, 0.5) is 0 Å². The number of carbonyl (C=O) groups is 2. The highest BCUT2D eigenvalue weighted by Gasteiger charge is 2.29. The van der Waals surface area contributed by atoms with E-state index in [2.05, 4.69) is 15.3 Å². The minimum atomic E-state index is -1.33. The van der Waals surface area contributed by atoms with E-state index in [0.29, 0.717) is 5.82 Å². The standard InChI is InChI=1S/C12H17N3O3/c1-7(2)9-13-6-5-8(14-9)10(16)15-12(3,4)11(17)18/h5-7H,1-4H3,(H,15,16)(H,17,18). The quantitative estimate of drug-likeness (QED) is 0.838. The molecule has 0 radical (unpaired) electrons. The molecule has 18 heavy (non-hydrogen) atoms. The Labute approximate surface area is 105 Å². The first kappa shape index (κ1) is 14.1. The summed E-state index contributed by atoms with van der Waals surface area (Å²) in [6, 6.07) is 1.46. The Morgan fingerprint density at radius 2 is 2.00 bits per heavy atom. The number of aromatic nitrogens is 2. The van der Waals surface area contributed by atoms with Crippen molar-refractivity contribution in [3.8, 4) is 0 Å². The number of nitrogens with zero attached hydrogens (tertiary/aromatic N) is 2. The topological polar surface area (TPSA) is 92.2 Å². The van der Waals surface area contributed by atoms with Crippen LogP contribution in [-0.4, -0.2) is 32.5 Å². The van der Waals surface area contributed by atoms with Crippen molar-refractivity contribution in [3.63, 3.8) is 0 Å². The summed E-state index contributed by atoms with van der Waals surface area (Å²) in [7, 11) is 0. The number of amides is 1. The Morgan fingerprint density at radius 1 is 1.39 bits per heavy atom. The lowest BCUT2D eigenvalue weighted by atomic mass is 10.1. The molecule has 0 aliphatic carbocycles. The van der Waals surface area contributed by atoms with Gasteiger partial charge in [-0.15, -0.1) is 0 Å². The van der Waals surface area contributed by atoms with Gasteiger partial charge < -0.3 is 10.4 Å². The number of rotatable bonds is 4. The highest BCUT2D eigenvalue weighted by Crippen LogP contribution is 2.09. The van der Waals surface area contributed by atoms with Gasteiger partial charge in [0.25, 0.3) is 5.91 Å². The second-order valence-corrected chi connectivity index (χ2v) is 4.84. The Morgan fingerprint density at radius 3 is 2.50 bits per heavy atom. The number of carboxylic acid groups (broad SMARTS) is 1. The van der Waals surface area contributed by atoms with Gasteiger partial charge in [0.1, 0.15) is 17.1 Å². The molecule has 1 amide bonds. The van der Waals surface area contributed by atoms with Crippen molar-refractivity contribution in [2.24, 2.45) is 0 Å². The Balaban J connectivity index is 2.91. The molecule has 6 nitrogen and oxygen atoms in total. The molecule has 0 aliphatic heterocycles. The summed E-state index contributed by atoms with van der Waals surface area (Å²) in [5, 5.41) is 11.3. The minimum absolute atomic E-state index is 0.102. The molecule has 2 N–H and O–H groups in total. The molecule has 0 spiro atoms. The van der Waals surface area contributed by atoms with Crippen molar-refractivity contribution in [3.05, 3.63) is 23.8 Å². The van der Waals surface area contributed by atoms with Gasteiger partial charge in [-0.25, -0.2) is 14.8 Å². The first-order chi connectivity index (χ1) is 8.24.